The number of nitrogens with zero attached hydrogens (tertiary/aromatic N) is 2. The molecule has 1 aromatic rings. The highest BCUT2D eigenvalue weighted by Crippen LogP contribution is 2.25. The molecular formula is C16H22ClN3. The largest absolute Gasteiger partial charge is 0.369 e. The van der Waals surface area contributed by atoms with Gasteiger partial charge in [0, 0.05) is 24.2 Å². The molecule has 0 bridgehead atoms. The summed E-state index contributed by atoms with van der Waals surface area (Å²) >= 11 is 5.99. The van der Waals surface area contributed by atoms with E-state index in [1.165, 1.54) is 12.8 Å². The molecule has 1 heterocycles. The molecule has 1 aromatic carbocycles. The lowest BCUT2D eigenvalue weighted by Gasteiger charge is -2.28. The van der Waals surface area contributed by atoms with Crippen LogP contribution in [0, 0.1) is 11.3 Å². The third-order valence-corrected chi connectivity index (χ3v) is 4.04. The first kappa shape index (κ1) is 15.2. The molecule has 20 heavy (non-hydrogen) atoms. The normalized spacial score (nSPS) is 17.9. The molecule has 1 unspecified atom stereocenters. The highest BCUT2D eigenvalue weighted by molar-refractivity contribution is 6.30. The third kappa shape index (κ3) is 3.88. The van der Waals surface area contributed by atoms with Gasteiger partial charge in [0.25, 0.3) is 0 Å². The van der Waals surface area contributed by atoms with E-state index >= 15 is 0 Å². The van der Waals surface area contributed by atoms with Crippen LogP contribution in [-0.4, -0.2) is 25.7 Å². The van der Waals surface area contributed by atoms with Gasteiger partial charge in [-0.25, -0.2) is 0 Å². The average molecular weight is 292 g/mol. The zero-order chi connectivity index (χ0) is 14.4. The van der Waals surface area contributed by atoms with Crippen LogP contribution in [0.2, 0.25) is 5.02 Å². The van der Waals surface area contributed by atoms with Gasteiger partial charge in [-0.05, 0) is 44.0 Å². The van der Waals surface area contributed by atoms with Crippen LogP contribution < -0.4 is 10.2 Å². The fourth-order valence-corrected chi connectivity index (χ4v) is 2.88. The van der Waals surface area contributed by atoms with Crippen LogP contribution in [-0.2, 0) is 0 Å². The Hall–Kier alpha value is -1.24. The summed E-state index contributed by atoms with van der Waals surface area (Å²) < 4.78 is 0. The van der Waals surface area contributed by atoms with E-state index in [1.54, 1.807) is 6.07 Å². The van der Waals surface area contributed by atoms with Gasteiger partial charge in [-0.2, -0.15) is 5.26 Å². The van der Waals surface area contributed by atoms with Crippen molar-refractivity contribution < 1.29 is 0 Å². The Kier molecular flexibility index (Phi) is 5.70. The van der Waals surface area contributed by atoms with Crippen LogP contribution in [0.4, 0.5) is 5.69 Å². The summed E-state index contributed by atoms with van der Waals surface area (Å²) in [5.41, 5.74) is 1.69. The van der Waals surface area contributed by atoms with Gasteiger partial charge in [0.1, 0.15) is 6.07 Å². The van der Waals surface area contributed by atoms with Gasteiger partial charge < -0.3 is 10.2 Å². The van der Waals surface area contributed by atoms with Gasteiger partial charge in [-0.3, -0.25) is 0 Å². The number of halogens is 1. The van der Waals surface area contributed by atoms with Gasteiger partial charge in [0.2, 0.25) is 0 Å². The number of benzene rings is 1. The Labute approximate surface area is 126 Å². The van der Waals surface area contributed by atoms with Crippen LogP contribution in [0.5, 0.6) is 0 Å². The predicted octanol–water partition coefficient (Wildman–Crippen LogP) is 3.57. The summed E-state index contributed by atoms with van der Waals surface area (Å²) in [5, 5.41) is 13.5. The van der Waals surface area contributed by atoms with Gasteiger partial charge in [0.15, 0.2) is 0 Å². The predicted molar refractivity (Wildman–Crippen MR) is 84.3 cm³/mol. The van der Waals surface area contributed by atoms with E-state index in [2.05, 4.69) is 23.2 Å². The fourth-order valence-electron chi connectivity index (χ4n) is 2.71. The topological polar surface area (TPSA) is 39.1 Å². The summed E-state index contributed by atoms with van der Waals surface area (Å²) in [6, 6.07) is 8.42. The van der Waals surface area contributed by atoms with Crippen molar-refractivity contribution in [2.45, 2.75) is 38.6 Å². The Morgan fingerprint density at radius 1 is 1.50 bits per heavy atom. The second-order valence-electron chi connectivity index (χ2n) is 5.37. The molecular weight excluding hydrogens is 270 g/mol. The van der Waals surface area contributed by atoms with E-state index in [0.717, 1.165) is 38.2 Å². The van der Waals surface area contributed by atoms with Crippen LogP contribution in [0.15, 0.2) is 18.2 Å². The second kappa shape index (κ2) is 7.52. The number of nitriles is 1. The lowest BCUT2D eigenvalue weighted by atomic mass is 10.1. The minimum absolute atomic E-state index is 0.536. The van der Waals surface area contributed by atoms with Crippen LogP contribution in [0.1, 0.15) is 38.2 Å². The van der Waals surface area contributed by atoms with Crippen molar-refractivity contribution in [3.8, 4) is 6.07 Å². The highest BCUT2D eigenvalue weighted by Gasteiger charge is 2.19. The number of hydrogen-bond acceptors (Lipinski definition) is 3. The summed E-state index contributed by atoms with van der Waals surface area (Å²) in [6.45, 7) is 5.26. The van der Waals surface area contributed by atoms with Crippen molar-refractivity contribution in [2.24, 2.45) is 0 Å². The number of hydrogen-bond donors (Lipinski definition) is 1. The fraction of sp³-hybridized carbons (Fsp3) is 0.562. The highest BCUT2D eigenvalue weighted by atomic mass is 35.5. The maximum atomic E-state index is 9.33. The second-order valence-corrected chi connectivity index (χ2v) is 5.80. The Bertz CT molecular complexity index is 475. The molecule has 1 fully saturated rings. The maximum absolute atomic E-state index is 9.33. The molecule has 1 atom stereocenters. The standard InChI is InChI=1S/C16H22ClN3/c1-2-3-9-20(12-15-5-4-8-19-15)16-7-6-14(17)10-13(16)11-18/h6-7,10,15,19H,2-5,8-9,12H2,1H3. The van der Waals surface area contributed by atoms with E-state index in [1.807, 2.05) is 12.1 Å². The van der Waals surface area contributed by atoms with E-state index in [0.29, 0.717) is 16.6 Å². The number of unbranched alkanes of at least 4 members (excludes halogenated alkanes) is 1. The molecule has 0 aliphatic carbocycles. The molecule has 4 heteroatoms. The van der Waals surface area contributed by atoms with Gasteiger partial charge in [0.05, 0.1) is 11.3 Å². The quantitative estimate of drug-likeness (QED) is 0.871. The van der Waals surface area contributed by atoms with E-state index in [4.69, 9.17) is 11.6 Å². The zero-order valence-electron chi connectivity index (χ0n) is 12.0. The first-order valence-corrected chi connectivity index (χ1v) is 7.80. The molecule has 1 aliphatic rings. The molecule has 3 nitrogen and oxygen atoms in total. The van der Waals surface area contributed by atoms with Crippen molar-refractivity contribution in [3.05, 3.63) is 28.8 Å². The average Bonchev–Trinajstić information content (AvgIpc) is 2.96. The minimum atomic E-state index is 0.536. The molecule has 0 saturated carbocycles. The molecule has 0 aromatic heterocycles. The van der Waals surface area contributed by atoms with Crippen molar-refractivity contribution >= 4 is 17.3 Å². The van der Waals surface area contributed by atoms with Crippen LogP contribution in [0.25, 0.3) is 0 Å². The number of anilines is 1. The summed E-state index contributed by atoms with van der Waals surface area (Å²) in [5.74, 6) is 0. The zero-order valence-corrected chi connectivity index (χ0v) is 12.8. The molecule has 108 valence electrons. The van der Waals surface area contributed by atoms with E-state index < -0.39 is 0 Å². The maximum Gasteiger partial charge on any atom is 0.101 e. The van der Waals surface area contributed by atoms with Crippen LogP contribution >= 0.6 is 11.6 Å². The molecule has 2 rings (SSSR count). The van der Waals surface area contributed by atoms with Gasteiger partial charge in [-0.1, -0.05) is 24.9 Å². The lowest BCUT2D eigenvalue weighted by Crippen LogP contribution is -2.38. The Balaban J connectivity index is 2.18. The SMILES string of the molecule is CCCCN(CC1CCCN1)c1ccc(Cl)cc1C#N. The van der Waals surface area contributed by atoms with Gasteiger partial charge in [-0.15, -0.1) is 0 Å². The summed E-state index contributed by atoms with van der Waals surface area (Å²) in [4.78, 5) is 2.33. The summed E-state index contributed by atoms with van der Waals surface area (Å²) in [6.07, 6.45) is 4.76. The van der Waals surface area contributed by atoms with Crippen molar-refractivity contribution in [2.75, 3.05) is 24.5 Å². The molecule has 0 spiro atoms. The molecule has 0 radical (unpaired) electrons. The molecule has 1 saturated heterocycles. The van der Waals surface area contributed by atoms with Crippen molar-refractivity contribution in [1.29, 1.82) is 5.26 Å². The van der Waals surface area contributed by atoms with Crippen LogP contribution in [0.3, 0.4) is 0 Å². The number of nitrogens with one attached hydrogen (secondary N) is 1. The third-order valence-electron chi connectivity index (χ3n) is 3.80. The van der Waals surface area contributed by atoms with Gasteiger partial charge >= 0.3 is 0 Å². The van der Waals surface area contributed by atoms with E-state index in [-0.39, 0.29) is 0 Å². The van der Waals surface area contributed by atoms with Crippen molar-refractivity contribution in [3.63, 3.8) is 0 Å². The Morgan fingerprint density at radius 2 is 2.35 bits per heavy atom. The molecule has 0 amide bonds. The first-order valence-electron chi connectivity index (χ1n) is 7.42. The smallest absolute Gasteiger partial charge is 0.101 e. The molecule has 1 aliphatic heterocycles. The van der Waals surface area contributed by atoms with Crippen molar-refractivity contribution in [1.82, 2.24) is 5.32 Å². The minimum Gasteiger partial charge on any atom is -0.369 e. The lowest BCUT2D eigenvalue weighted by molar-refractivity contribution is 0.572. The van der Waals surface area contributed by atoms with E-state index in [9.17, 15) is 5.26 Å². The first-order chi connectivity index (χ1) is 9.74. The molecule has 1 N–H and O–H groups in total. The number of rotatable bonds is 6. The summed E-state index contributed by atoms with van der Waals surface area (Å²) in [7, 11) is 0. The Morgan fingerprint density at radius 3 is 3.00 bits per heavy atom. The monoisotopic (exact) mass is 291 g/mol.